The molecule has 3 heterocycles. The Hall–Kier alpha value is -1.40. The molecule has 2 saturated heterocycles. The number of nitrogens with zero attached hydrogens (tertiary/aromatic N) is 3. The highest BCUT2D eigenvalue weighted by Crippen LogP contribution is 2.43. The molecule has 2 aliphatic heterocycles. The third-order valence-corrected chi connectivity index (χ3v) is 6.56. The summed E-state index contributed by atoms with van der Waals surface area (Å²) in [6.45, 7) is 4.79. The molecule has 0 aromatic carbocycles. The summed E-state index contributed by atoms with van der Waals surface area (Å²) in [7, 11) is 0. The third-order valence-electron chi connectivity index (χ3n) is 6.56. The maximum Gasteiger partial charge on any atom is 0.228 e. The van der Waals surface area contributed by atoms with Gasteiger partial charge in [-0.05, 0) is 51.0 Å². The number of likely N-dealkylation sites (tertiary alicyclic amines) is 1. The van der Waals surface area contributed by atoms with Crippen molar-refractivity contribution in [2.45, 2.75) is 63.7 Å². The van der Waals surface area contributed by atoms with Crippen LogP contribution in [0.1, 0.15) is 57.2 Å². The summed E-state index contributed by atoms with van der Waals surface area (Å²) >= 11 is 0. The van der Waals surface area contributed by atoms with Gasteiger partial charge in [0.1, 0.15) is 6.10 Å². The summed E-state index contributed by atoms with van der Waals surface area (Å²) in [6.07, 6.45) is 7.31. The van der Waals surface area contributed by atoms with Crippen LogP contribution in [-0.4, -0.2) is 51.0 Å². The number of amides is 1. The van der Waals surface area contributed by atoms with Crippen molar-refractivity contribution in [1.82, 2.24) is 14.7 Å². The molecule has 1 amide bonds. The molecule has 3 fully saturated rings. The lowest BCUT2D eigenvalue weighted by Crippen LogP contribution is -2.53. The Kier molecular flexibility index (Phi) is 4.58. The van der Waals surface area contributed by atoms with E-state index in [9.17, 15) is 9.90 Å². The van der Waals surface area contributed by atoms with Crippen LogP contribution in [0.4, 0.5) is 0 Å². The lowest BCUT2D eigenvalue weighted by atomic mass is 9.68. The Morgan fingerprint density at radius 3 is 2.76 bits per heavy atom. The fraction of sp³-hybridized carbons (Fsp3) is 0.789. The second-order valence-electron chi connectivity index (χ2n) is 7.82. The number of aliphatic hydroxyl groups is 1. The minimum atomic E-state index is -0.540. The SMILES string of the molecule is CCn1nccc1[C@@H]1OCC[C@H]1C(=O)N1CCC(O)(C2CCC2)CC1. The molecule has 1 N–H and O–H groups in total. The number of carbonyl (C=O) groups is 1. The van der Waals surface area contributed by atoms with Crippen LogP contribution in [-0.2, 0) is 16.1 Å². The summed E-state index contributed by atoms with van der Waals surface area (Å²) < 4.78 is 7.83. The van der Waals surface area contributed by atoms with Crippen molar-refractivity contribution >= 4 is 5.91 Å². The van der Waals surface area contributed by atoms with Crippen molar-refractivity contribution in [3.8, 4) is 0 Å². The molecular formula is C19H29N3O3. The topological polar surface area (TPSA) is 67.6 Å². The zero-order valence-electron chi connectivity index (χ0n) is 15.1. The van der Waals surface area contributed by atoms with Gasteiger partial charge in [0.2, 0.25) is 5.91 Å². The van der Waals surface area contributed by atoms with Crippen molar-refractivity contribution in [2.75, 3.05) is 19.7 Å². The monoisotopic (exact) mass is 347 g/mol. The number of rotatable bonds is 4. The van der Waals surface area contributed by atoms with E-state index < -0.39 is 5.60 Å². The first-order valence-electron chi connectivity index (χ1n) is 9.77. The standard InChI is InChI=1S/C19H29N3O3/c1-2-22-16(6-10-20-22)17-15(7-13-25-17)18(23)21-11-8-19(24,9-12-21)14-4-3-5-14/h6,10,14-15,17,24H,2-5,7-9,11-13H2,1H3/t15-,17-/m1/s1. The van der Waals surface area contributed by atoms with Crippen LogP contribution in [0, 0.1) is 11.8 Å². The molecule has 3 aliphatic rings. The molecule has 2 atom stereocenters. The molecule has 1 aromatic rings. The Morgan fingerprint density at radius 2 is 2.12 bits per heavy atom. The van der Waals surface area contributed by atoms with E-state index in [1.165, 1.54) is 6.42 Å². The van der Waals surface area contributed by atoms with E-state index in [2.05, 4.69) is 5.10 Å². The fourth-order valence-electron chi connectivity index (χ4n) is 4.69. The highest BCUT2D eigenvalue weighted by molar-refractivity contribution is 5.80. The number of ether oxygens (including phenoxy) is 1. The van der Waals surface area contributed by atoms with Gasteiger partial charge in [0.25, 0.3) is 0 Å². The van der Waals surface area contributed by atoms with E-state index in [0.717, 1.165) is 31.5 Å². The molecule has 138 valence electrons. The summed E-state index contributed by atoms with van der Waals surface area (Å²) in [4.78, 5) is 15.1. The van der Waals surface area contributed by atoms with Gasteiger partial charge >= 0.3 is 0 Å². The van der Waals surface area contributed by atoms with E-state index in [-0.39, 0.29) is 17.9 Å². The van der Waals surface area contributed by atoms with Crippen LogP contribution in [0.3, 0.4) is 0 Å². The smallest absolute Gasteiger partial charge is 0.228 e. The summed E-state index contributed by atoms with van der Waals surface area (Å²) in [5, 5.41) is 15.2. The third kappa shape index (κ3) is 2.99. The predicted molar refractivity (Wildman–Crippen MR) is 92.8 cm³/mol. The van der Waals surface area contributed by atoms with Gasteiger partial charge in [0.05, 0.1) is 17.2 Å². The first-order chi connectivity index (χ1) is 12.1. The fourth-order valence-corrected chi connectivity index (χ4v) is 4.69. The molecule has 1 aliphatic carbocycles. The van der Waals surface area contributed by atoms with Crippen molar-refractivity contribution in [1.29, 1.82) is 0 Å². The second-order valence-corrected chi connectivity index (χ2v) is 7.82. The van der Waals surface area contributed by atoms with Crippen LogP contribution in [0.15, 0.2) is 12.3 Å². The minimum absolute atomic E-state index is 0.128. The zero-order chi connectivity index (χ0) is 17.4. The predicted octanol–water partition coefficient (Wildman–Crippen LogP) is 2.13. The Labute approximate surface area is 149 Å². The maximum atomic E-state index is 13.1. The van der Waals surface area contributed by atoms with E-state index in [4.69, 9.17) is 4.74 Å². The number of aryl methyl sites for hydroxylation is 1. The number of aromatic nitrogens is 2. The Morgan fingerprint density at radius 1 is 1.36 bits per heavy atom. The van der Waals surface area contributed by atoms with Crippen LogP contribution in [0.25, 0.3) is 0 Å². The van der Waals surface area contributed by atoms with Gasteiger partial charge < -0.3 is 14.7 Å². The van der Waals surface area contributed by atoms with Crippen molar-refractivity contribution in [3.05, 3.63) is 18.0 Å². The molecule has 4 rings (SSSR count). The van der Waals surface area contributed by atoms with Gasteiger partial charge in [0, 0.05) is 32.4 Å². The molecule has 6 heteroatoms. The molecule has 25 heavy (non-hydrogen) atoms. The minimum Gasteiger partial charge on any atom is -0.389 e. The van der Waals surface area contributed by atoms with Crippen molar-refractivity contribution in [3.63, 3.8) is 0 Å². The summed E-state index contributed by atoms with van der Waals surface area (Å²) in [5.74, 6) is 0.505. The molecule has 1 saturated carbocycles. The van der Waals surface area contributed by atoms with Crippen LogP contribution in [0.5, 0.6) is 0 Å². The molecule has 0 bridgehead atoms. The second kappa shape index (κ2) is 6.72. The van der Waals surface area contributed by atoms with E-state index in [0.29, 0.717) is 38.5 Å². The van der Waals surface area contributed by atoms with Gasteiger partial charge in [-0.15, -0.1) is 0 Å². The Balaban J connectivity index is 1.42. The molecule has 0 spiro atoms. The van der Waals surface area contributed by atoms with Crippen LogP contribution >= 0.6 is 0 Å². The number of piperidine rings is 1. The molecule has 1 aromatic heterocycles. The summed E-state index contributed by atoms with van der Waals surface area (Å²) in [5.41, 5.74) is 0.461. The normalized spacial score (nSPS) is 29.6. The molecule has 0 radical (unpaired) electrons. The van der Waals surface area contributed by atoms with Crippen molar-refractivity contribution in [2.24, 2.45) is 11.8 Å². The first kappa shape index (κ1) is 17.0. The van der Waals surface area contributed by atoms with E-state index >= 15 is 0 Å². The lowest BCUT2D eigenvalue weighted by Gasteiger charge is -2.47. The van der Waals surface area contributed by atoms with Crippen LogP contribution in [0.2, 0.25) is 0 Å². The van der Waals surface area contributed by atoms with Gasteiger partial charge in [-0.2, -0.15) is 5.10 Å². The largest absolute Gasteiger partial charge is 0.389 e. The highest BCUT2D eigenvalue weighted by Gasteiger charge is 2.45. The highest BCUT2D eigenvalue weighted by atomic mass is 16.5. The van der Waals surface area contributed by atoms with Gasteiger partial charge in [-0.1, -0.05) is 6.42 Å². The van der Waals surface area contributed by atoms with Gasteiger partial charge in [0.15, 0.2) is 0 Å². The molecular weight excluding hydrogens is 318 g/mol. The molecule has 0 unspecified atom stereocenters. The lowest BCUT2D eigenvalue weighted by molar-refractivity contribution is -0.145. The quantitative estimate of drug-likeness (QED) is 0.906. The number of carbonyl (C=O) groups excluding carboxylic acids is 1. The van der Waals surface area contributed by atoms with E-state index in [1.807, 2.05) is 22.6 Å². The average molecular weight is 347 g/mol. The van der Waals surface area contributed by atoms with Gasteiger partial charge in [-0.25, -0.2) is 0 Å². The first-order valence-corrected chi connectivity index (χ1v) is 9.77. The molecule has 6 nitrogen and oxygen atoms in total. The van der Waals surface area contributed by atoms with Crippen LogP contribution < -0.4 is 0 Å². The zero-order valence-corrected chi connectivity index (χ0v) is 15.1. The maximum absolute atomic E-state index is 13.1. The average Bonchev–Trinajstić information content (AvgIpc) is 3.21. The number of hydrogen-bond donors (Lipinski definition) is 1. The van der Waals surface area contributed by atoms with E-state index in [1.54, 1.807) is 6.20 Å². The Bertz CT molecular complexity index is 617. The number of hydrogen-bond acceptors (Lipinski definition) is 4. The van der Waals surface area contributed by atoms with Crippen molar-refractivity contribution < 1.29 is 14.6 Å². The summed E-state index contributed by atoms with van der Waals surface area (Å²) in [6, 6.07) is 1.96. The van der Waals surface area contributed by atoms with Gasteiger partial charge in [-0.3, -0.25) is 9.48 Å².